The van der Waals surface area contributed by atoms with Gasteiger partial charge in [0.25, 0.3) is 0 Å². The second-order valence-corrected chi connectivity index (χ2v) is 9.38. The van der Waals surface area contributed by atoms with Crippen LogP contribution in [0.2, 0.25) is 10.0 Å². The highest BCUT2D eigenvalue weighted by Gasteiger charge is 2.20. The normalized spacial score (nSPS) is 11.1. The Labute approximate surface area is 210 Å². The van der Waals surface area contributed by atoms with E-state index in [-0.39, 0.29) is 6.09 Å². The van der Waals surface area contributed by atoms with Gasteiger partial charge in [-0.3, -0.25) is 0 Å². The summed E-state index contributed by atoms with van der Waals surface area (Å²) in [6.07, 6.45) is 1.68. The molecule has 0 aliphatic carbocycles. The van der Waals surface area contributed by atoms with Gasteiger partial charge in [0.1, 0.15) is 5.75 Å². The Morgan fingerprint density at radius 2 is 1.56 bits per heavy atom. The molecule has 0 atom stereocenters. The van der Waals surface area contributed by atoms with Crippen molar-refractivity contribution in [3.8, 4) is 16.9 Å². The Kier molecular flexibility index (Phi) is 7.20. The van der Waals surface area contributed by atoms with Crippen LogP contribution in [-0.4, -0.2) is 28.6 Å². The molecule has 0 radical (unpaired) electrons. The summed E-state index contributed by atoms with van der Waals surface area (Å²) in [6, 6.07) is 17.9. The summed E-state index contributed by atoms with van der Waals surface area (Å²) in [5.74, 6) is 0.479. The van der Waals surface area contributed by atoms with Crippen LogP contribution in [0.1, 0.15) is 30.5 Å². The molecule has 0 fully saturated rings. The third-order valence-corrected chi connectivity index (χ3v) is 6.36. The van der Waals surface area contributed by atoms with Crippen molar-refractivity contribution in [2.24, 2.45) is 0 Å². The van der Waals surface area contributed by atoms with E-state index in [1.165, 1.54) is 16.7 Å². The van der Waals surface area contributed by atoms with Crippen molar-refractivity contribution in [3.05, 3.63) is 87.5 Å². The molecule has 0 spiro atoms. The molecule has 34 heavy (non-hydrogen) atoms. The molecule has 0 aliphatic rings. The lowest BCUT2D eigenvalue weighted by Gasteiger charge is -2.20. The third-order valence-electron chi connectivity index (χ3n) is 5.92. The van der Waals surface area contributed by atoms with E-state index < -0.39 is 0 Å². The number of carbonyl (C=O) groups is 1. The smallest absolute Gasteiger partial charge is 0.410 e. The summed E-state index contributed by atoms with van der Waals surface area (Å²) in [7, 11) is 0. The summed E-state index contributed by atoms with van der Waals surface area (Å²) in [4.78, 5) is 14.4. The maximum absolute atomic E-state index is 12.8. The SMILES string of the molecule is CCN(CC)C(=O)Oc1ccc2c(ccn2Cc2cc(C)cc(C)c2)c1-c1cc(Cl)cc(Cl)c1. The van der Waals surface area contributed by atoms with Gasteiger partial charge >= 0.3 is 6.09 Å². The van der Waals surface area contributed by atoms with Crippen LogP contribution in [0.25, 0.3) is 22.0 Å². The fourth-order valence-corrected chi connectivity index (χ4v) is 4.99. The monoisotopic (exact) mass is 494 g/mol. The van der Waals surface area contributed by atoms with Crippen molar-refractivity contribution in [2.75, 3.05) is 13.1 Å². The number of hydrogen-bond acceptors (Lipinski definition) is 2. The van der Waals surface area contributed by atoms with Crippen molar-refractivity contribution in [1.29, 1.82) is 0 Å². The Morgan fingerprint density at radius 3 is 2.18 bits per heavy atom. The average molecular weight is 495 g/mol. The van der Waals surface area contributed by atoms with Crippen LogP contribution in [0.15, 0.2) is 60.8 Å². The molecular formula is C28H28Cl2N2O2. The Hall–Kier alpha value is -2.95. The van der Waals surface area contributed by atoms with Crippen LogP contribution in [0.4, 0.5) is 4.79 Å². The predicted molar refractivity (Wildman–Crippen MR) is 141 cm³/mol. The minimum atomic E-state index is -0.381. The number of aromatic nitrogens is 1. The van der Waals surface area contributed by atoms with Gasteiger partial charge in [0.15, 0.2) is 0 Å². The molecule has 0 N–H and O–H groups in total. The number of benzene rings is 3. The van der Waals surface area contributed by atoms with Crippen molar-refractivity contribution >= 4 is 40.2 Å². The van der Waals surface area contributed by atoms with E-state index in [1.807, 2.05) is 38.1 Å². The van der Waals surface area contributed by atoms with Gasteiger partial charge < -0.3 is 14.2 Å². The summed E-state index contributed by atoms with van der Waals surface area (Å²) >= 11 is 12.7. The minimum absolute atomic E-state index is 0.381. The Bertz CT molecular complexity index is 1320. The molecule has 1 amide bonds. The van der Waals surface area contributed by atoms with Crippen molar-refractivity contribution < 1.29 is 9.53 Å². The summed E-state index contributed by atoms with van der Waals surface area (Å²) < 4.78 is 8.09. The van der Waals surface area contributed by atoms with E-state index in [4.69, 9.17) is 27.9 Å². The topological polar surface area (TPSA) is 34.5 Å². The summed E-state index contributed by atoms with van der Waals surface area (Å²) in [6.45, 7) is 9.96. The molecule has 0 aliphatic heterocycles. The fraction of sp³-hybridized carbons (Fsp3) is 0.250. The zero-order valence-corrected chi connectivity index (χ0v) is 21.4. The van der Waals surface area contributed by atoms with Crippen molar-refractivity contribution in [2.45, 2.75) is 34.2 Å². The molecule has 3 aromatic carbocycles. The zero-order valence-electron chi connectivity index (χ0n) is 19.9. The van der Waals surface area contributed by atoms with Crippen LogP contribution in [0.3, 0.4) is 0 Å². The standard InChI is InChI=1S/C28H28Cl2N2O2/c1-5-31(6-2)28(33)34-26-8-7-25-24(27(26)21-14-22(29)16-23(30)15-21)9-10-32(25)17-20-12-18(3)11-19(4)13-20/h7-16H,5-6,17H2,1-4H3. The lowest BCUT2D eigenvalue weighted by molar-refractivity contribution is 0.157. The average Bonchev–Trinajstić information content (AvgIpc) is 3.15. The highest BCUT2D eigenvalue weighted by Crippen LogP contribution is 2.40. The quantitative estimate of drug-likeness (QED) is 0.271. The Balaban J connectivity index is 1.85. The largest absolute Gasteiger partial charge is 0.415 e. The van der Waals surface area contributed by atoms with Gasteiger partial charge in [0, 0.05) is 52.3 Å². The van der Waals surface area contributed by atoms with Crippen LogP contribution in [-0.2, 0) is 6.54 Å². The first-order valence-corrected chi connectivity index (χ1v) is 12.2. The first kappa shape index (κ1) is 24.2. The lowest BCUT2D eigenvalue weighted by atomic mass is 10.0. The number of nitrogens with zero attached hydrogens (tertiary/aromatic N) is 2. The van der Waals surface area contributed by atoms with E-state index >= 15 is 0 Å². The Morgan fingerprint density at radius 1 is 0.912 bits per heavy atom. The molecule has 1 aromatic heterocycles. The number of carbonyl (C=O) groups excluding carboxylic acids is 1. The molecule has 0 unspecified atom stereocenters. The molecule has 0 saturated heterocycles. The van der Waals surface area contributed by atoms with Gasteiger partial charge in [-0.1, -0.05) is 52.5 Å². The van der Waals surface area contributed by atoms with Gasteiger partial charge in [-0.2, -0.15) is 0 Å². The van der Waals surface area contributed by atoms with E-state index in [2.05, 4.69) is 48.9 Å². The lowest BCUT2D eigenvalue weighted by Crippen LogP contribution is -2.33. The molecule has 0 bridgehead atoms. The van der Waals surface area contributed by atoms with Crippen LogP contribution < -0.4 is 4.74 Å². The molecule has 4 nitrogen and oxygen atoms in total. The fourth-order valence-electron chi connectivity index (χ4n) is 4.47. The van der Waals surface area contributed by atoms with Crippen LogP contribution in [0.5, 0.6) is 5.75 Å². The van der Waals surface area contributed by atoms with Gasteiger partial charge in [-0.25, -0.2) is 4.79 Å². The first-order valence-electron chi connectivity index (χ1n) is 11.4. The van der Waals surface area contributed by atoms with Gasteiger partial charge in [0.2, 0.25) is 0 Å². The highest BCUT2D eigenvalue weighted by molar-refractivity contribution is 6.35. The molecular weight excluding hydrogens is 467 g/mol. The van der Waals surface area contributed by atoms with Gasteiger partial charge in [-0.15, -0.1) is 0 Å². The number of rotatable bonds is 6. The van der Waals surface area contributed by atoms with Crippen LogP contribution in [0, 0.1) is 13.8 Å². The summed E-state index contributed by atoms with van der Waals surface area (Å²) in [5.41, 5.74) is 6.35. The van der Waals surface area contributed by atoms with E-state index in [9.17, 15) is 4.79 Å². The predicted octanol–water partition coefficient (Wildman–Crippen LogP) is 8.12. The highest BCUT2D eigenvalue weighted by atomic mass is 35.5. The molecule has 1 heterocycles. The molecule has 0 saturated carbocycles. The molecule has 4 aromatic rings. The maximum Gasteiger partial charge on any atom is 0.415 e. The third kappa shape index (κ3) is 5.08. The van der Waals surface area contributed by atoms with E-state index in [1.54, 1.807) is 11.0 Å². The van der Waals surface area contributed by atoms with E-state index in [0.29, 0.717) is 28.9 Å². The second-order valence-electron chi connectivity index (χ2n) is 8.51. The minimum Gasteiger partial charge on any atom is -0.410 e. The van der Waals surface area contributed by atoms with E-state index in [0.717, 1.165) is 28.6 Å². The van der Waals surface area contributed by atoms with Crippen LogP contribution >= 0.6 is 23.2 Å². The summed E-state index contributed by atoms with van der Waals surface area (Å²) in [5, 5.41) is 2.01. The molecule has 176 valence electrons. The number of fused-ring (bicyclic) bond motifs is 1. The number of halogens is 2. The second kappa shape index (κ2) is 10.1. The van der Waals surface area contributed by atoms with Crippen molar-refractivity contribution in [3.63, 3.8) is 0 Å². The van der Waals surface area contributed by atoms with Gasteiger partial charge in [0.05, 0.1) is 0 Å². The number of amides is 1. The zero-order chi connectivity index (χ0) is 24.4. The van der Waals surface area contributed by atoms with Crippen molar-refractivity contribution in [1.82, 2.24) is 9.47 Å². The van der Waals surface area contributed by atoms with Gasteiger partial charge in [-0.05, 0) is 75.2 Å². The molecule has 6 heteroatoms. The first-order chi connectivity index (χ1) is 16.3. The molecule has 4 rings (SSSR count). The number of aryl methyl sites for hydroxylation is 2. The number of hydrogen-bond donors (Lipinski definition) is 0. The number of ether oxygens (including phenoxy) is 1. The maximum atomic E-state index is 12.8.